The molecule has 2 heterocycles. The summed E-state index contributed by atoms with van der Waals surface area (Å²) in [4.78, 5) is 21.9. The Morgan fingerprint density at radius 2 is 1.86 bits per heavy atom. The lowest BCUT2D eigenvalue weighted by molar-refractivity contribution is -0.121. The summed E-state index contributed by atoms with van der Waals surface area (Å²) >= 11 is 0. The van der Waals surface area contributed by atoms with Gasteiger partial charge < -0.3 is 24.8 Å². The highest BCUT2D eigenvalue weighted by Gasteiger charge is 2.23. The Labute approximate surface area is 214 Å². The summed E-state index contributed by atoms with van der Waals surface area (Å²) in [7, 11) is 1.60. The number of pyridine rings is 1. The van der Waals surface area contributed by atoms with Crippen molar-refractivity contribution in [2.24, 2.45) is 0 Å². The minimum Gasteiger partial charge on any atom is -0.505 e. The molecular formula is C29H28N4O4. The SMILES string of the molecule is COc1ccc(C(CC(=O)NCCn2c(CO)nc3ccccc32)c2ccc3cccnc3c2O)cc1. The number of rotatable bonds is 9. The number of aliphatic hydroxyl groups excluding tert-OH is 1. The molecule has 8 nitrogen and oxygen atoms in total. The van der Waals surface area contributed by atoms with Crippen LogP contribution in [0.2, 0.25) is 0 Å². The maximum atomic E-state index is 13.1. The molecule has 2 aromatic heterocycles. The number of aromatic hydroxyl groups is 1. The van der Waals surface area contributed by atoms with Gasteiger partial charge >= 0.3 is 0 Å². The third-order valence-corrected chi connectivity index (χ3v) is 6.59. The molecule has 0 aliphatic heterocycles. The van der Waals surface area contributed by atoms with Crippen molar-refractivity contribution < 1.29 is 19.7 Å². The molecule has 5 aromatic rings. The highest BCUT2D eigenvalue weighted by Crippen LogP contribution is 2.38. The van der Waals surface area contributed by atoms with Crippen LogP contribution in [0.15, 0.2) is 79.0 Å². The van der Waals surface area contributed by atoms with E-state index in [1.807, 2.05) is 77.4 Å². The van der Waals surface area contributed by atoms with E-state index in [0.29, 0.717) is 35.7 Å². The van der Waals surface area contributed by atoms with Gasteiger partial charge in [-0.05, 0) is 35.9 Å². The van der Waals surface area contributed by atoms with Crippen LogP contribution in [0.5, 0.6) is 11.5 Å². The van der Waals surface area contributed by atoms with Crippen LogP contribution >= 0.6 is 0 Å². The molecular weight excluding hydrogens is 468 g/mol. The number of phenols is 1. The molecule has 0 aliphatic carbocycles. The number of hydrogen-bond acceptors (Lipinski definition) is 6. The van der Waals surface area contributed by atoms with E-state index >= 15 is 0 Å². The van der Waals surface area contributed by atoms with Gasteiger partial charge in [0.05, 0.1) is 18.1 Å². The smallest absolute Gasteiger partial charge is 0.221 e. The average Bonchev–Trinajstić information content (AvgIpc) is 3.30. The number of benzene rings is 3. The lowest BCUT2D eigenvalue weighted by Gasteiger charge is -2.20. The van der Waals surface area contributed by atoms with Gasteiger partial charge in [-0.2, -0.15) is 0 Å². The van der Waals surface area contributed by atoms with Crippen LogP contribution in [0.1, 0.15) is 29.3 Å². The second kappa shape index (κ2) is 10.7. The number of methoxy groups -OCH3 is 1. The molecule has 3 N–H and O–H groups in total. The summed E-state index contributed by atoms with van der Waals surface area (Å²) in [6.07, 6.45) is 1.77. The molecule has 0 fully saturated rings. The molecule has 0 saturated heterocycles. The van der Waals surface area contributed by atoms with Crippen molar-refractivity contribution in [3.05, 3.63) is 95.9 Å². The Bertz CT molecular complexity index is 1550. The molecule has 0 saturated carbocycles. The highest BCUT2D eigenvalue weighted by molar-refractivity contribution is 5.86. The van der Waals surface area contributed by atoms with Gasteiger partial charge in [-0.25, -0.2) is 4.98 Å². The van der Waals surface area contributed by atoms with Crippen molar-refractivity contribution in [2.75, 3.05) is 13.7 Å². The molecule has 188 valence electrons. The quantitative estimate of drug-likeness (QED) is 0.283. The zero-order chi connectivity index (χ0) is 25.8. The van der Waals surface area contributed by atoms with Crippen molar-refractivity contribution in [3.8, 4) is 11.5 Å². The summed E-state index contributed by atoms with van der Waals surface area (Å²) in [5.74, 6) is 0.795. The number of carbonyl (C=O) groups is 1. The summed E-state index contributed by atoms with van der Waals surface area (Å²) in [6, 6.07) is 22.6. The fourth-order valence-corrected chi connectivity index (χ4v) is 4.73. The van der Waals surface area contributed by atoms with Gasteiger partial charge in [-0.1, -0.05) is 42.5 Å². The Hall–Kier alpha value is -4.43. The number of para-hydroxylation sites is 2. The number of ether oxygens (including phenoxy) is 1. The van der Waals surface area contributed by atoms with Crippen molar-refractivity contribution in [2.45, 2.75) is 25.5 Å². The molecule has 0 aliphatic rings. The van der Waals surface area contributed by atoms with Crippen LogP contribution in [0.4, 0.5) is 0 Å². The first kappa shape index (κ1) is 24.3. The van der Waals surface area contributed by atoms with Gasteiger partial charge in [0.25, 0.3) is 0 Å². The van der Waals surface area contributed by atoms with E-state index in [9.17, 15) is 15.0 Å². The Balaban J connectivity index is 1.37. The van der Waals surface area contributed by atoms with E-state index in [2.05, 4.69) is 15.3 Å². The third kappa shape index (κ3) is 4.96. The van der Waals surface area contributed by atoms with Crippen LogP contribution in [0.3, 0.4) is 0 Å². The number of phenolic OH excluding ortho intramolecular Hbond substituents is 1. The molecule has 0 radical (unpaired) electrons. The summed E-state index contributed by atoms with van der Waals surface area (Å²) < 4.78 is 7.21. The first-order valence-corrected chi connectivity index (χ1v) is 12.1. The van der Waals surface area contributed by atoms with Gasteiger partial charge in [-0.3, -0.25) is 9.78 Å². The molecule has 0 bridgehead atoms. The van der Waals surface area contributed by atoms with Crippen LogP contribution in [-0.4, -0.2) is 44.3 Å². The number of amides is 1. The number of imidazole rings is 1. The molecule has 1 amide bonds. The van der Waals surface area contributed by atoms with Gasteiger partial charge in [0.1, 0.15) is 29.4 Å². The number of nitrogens with one attached hydrogen (secondary N) is 1. The van der Waals surface area contributed by atoms with Gasteiger partial charge in [0.15, 0.2) is 0 Å². The van der Waals surface area contributed by atoms with Crippen LogP contribution in [0.25, 0.3) is 21.9 Å². The molecule has 8 heteroatoms. The first-order valence-electron chi connectivity index (χ1n) is 12.1. The number of nitrogens with zero attached hydrogens (tertiary/aromatic N) is 3. The minimum absolute atomic E-state index is 0.0733. The van der Waals surface area contributed by atoms with Crippen molar-refractivity contribution >= 4 is 27.8 Å². The van der Waals surface area contributed by atoms with E-state index in [1.165, 1.54) is 0 Å². The van der Waals surface area contributed by atoms with E-state index < -0.39 is 0 Å². The monoisotopic (exact) mass is 496 g/mol. The Kier molecular flexibility index (Phi) is 7.00. The highest BCUT2D eigenvalue weighted by atomic mass is 16.5. The minimum atomic E-state index is -0.389. The maximum Gasteiger partial charge on any atom is 0.221 e. The molecule has 1 atom stereocenters. The number of carbonyl (C=O) groups excluding carboxylic acids is 1. The second-order valence-corrected chi connectivity index (χ2v) is 8.78. The predicted octanol–water partition coefficient (Wildman–Crippen LogP) is 4.13. The number of fused-ring (bicyclic) bond motifs is 2. The number of aromatic nitrogens is 3. The zero-order valence-electron chi connectivity index (χ0n) is 20.5. The lowest BCUT2D eigenvalue weighted by Crippen LogP contribution is -2.29. The maximum absolute atomic E-state index is 13.1. The summed E-state index contributed by atoms with van der Waals surface area (Å²) in [5, 5.41) is 24.7. The fraction of sp³-hybridized carbons (Fsp3) is 0.207. The van der Waals surface area contributed by atoms with Crippen LogP contribution in [-0.2, 0) is 17.9 Å². The van der Waals surface area contributed by atoms with E-state index in [0.717, 1.165) is 22.0 Å². The van der Waals surface area contributed by atoms with Crippen LogP contribution in [0, 0.1) is 0 Å². The average molecular weight is 497 g/mol. The standard InChI is InChI=1S/C29H28N4O4/c1-37-21-11-8-19(9-12-21)23(22-13-10-20-5-4-14-31-28(20)29(22)36)17-27(35)30-15-16-33-25-7-3-2-6-24(25)32-26(33)18-34/h2-14,23,34,36H,15-18H2,1H3,(H,30,35). The van der Waals surface area contributed by atoms with Gasteiger partial charge in [-0.15, -0.1) is 0 Å². The normalized spacial score (nSPS) is 12.1. The van der Waals surface area contributed by atoms with Crippen molar-refractivity contribution in [1.82, 2.24) is 19.9 Å². The topological polar surface area (TPSA) is 110 Å². The first-order chi connectivity index (χ1) is 18.1. The van der Waals surface area contributed by atoms with Gasteiger partial charge in [0.2, 0.25) is 5.91 Å². The molecule has 0 spiro atoms. The van der Waals surface area contributed by atoms with E-state index in [1.54, 1.807) is 13.3 Å². The van der Waals surface area contributed by atoms with Crippen LogP contribution < -0.4 is 10.1 Å². The molecule has 5 rings (SSSR count). The largest absolute Gasteiger partial charge is 0.505 e. The fourth-order valence-electron chi connectivity index (χ4n) is 4.73. The predicted molar refractivity (Wildman–Crippen MR) is 142 cm³/mol. The number of hydrogen-bond donors (Lipinski definition) is 3. The Morgan fingerprint density at radius 3 is 2.65 bits per heavy atom. The molecule has 37 heavy (non-hydrogen) atoms. The summed E-state index contributed by atoms with van der Waals surface area (Å²) in [6.45, 7) is 0.657. The molecule has 3 aromatic carbocycles. The van der Waals surface area contributed by atoms with Gasteiger partial charge in [0, 0.05) is 42.6 Å². The third-order valence-electron chi connectivity index (χ3n) is 6.59. The second-order valence-electron chi connectivity index (χ2n) is 8.78. The van der Waals surface area contributed by atoms with Crippen molar-refractivity contribution in [1.29, 1.82) is 0 Å². The van der Waals surface area contributed by atoms with Crippen molar-refractivity contribution in [3.63, 3.8) is 0 Å². The van der Waals surface area contributed by atoms with E-state index in [-0.39, 0.29) is 30.6 Å². The van der Waals surface area contributed by atoms with E-state index in [4.69, 9.17) is 4.74 Å². The number of aliphatic hydroxyl groups is 1. The lowest BCUT2D eigenvalue weighted by atomic mass is 9.87. The summed E-state index contributed by atoms with van der Waals surface area (Å²) in [5.41, 5.74) is 3.73. The Morgan fingerprint density at radius 1 is 1.05 bits per heavy atom. The zero-order valence-corrected chi connectivity index (χ0v) is 20.5. The molecule has 1 unspecified atom stereocenters.